The average Bonchev–Trinajstić information content (AvgIpc) is 2.67. The Bertz CT molecular complexity index is 981. The second-order valence-electron chi connectivity index (χ2n) is 8.23. The highest BCUT2D eigenvalue weighted by atomic mass is 19.4. The second kappa shape index (κ2) is 7.27. The summed E-state index contributed by atoms with van der Waals surface area (Å²) < 4.78 is 41.3. The van der Waals surface area contributed by atoms with E-state index in [9.17, 15) is 13.2 Å². The summed E-state index contributed by atoms with van der Waals surface area (Å²) in [7, 11) is 2.06. The van der Waals surface area contributed by atoms with Gasteiger partial charge in [-0.2, -0.15) is 13.2 Å². The molecule has 0 amide bonds. The first kappa shape index (κ1) is 20.7. The molecule has 3 aliphatic heterocycles. The molecule has 1 atom stereocenters. The van der Waals surface area contributed by atoms with Gasteiger partial charge in [0.05, 0.1) is 23.0 Å². The highest BCUT2D eigenvalue weighted by Crippen LogP contribution is 2.46. The number of hydrogen-bond donors (Lipinski definition) is 0. The van der Waals surface area contributed by atoms with Crippen LogP contribution in [0.1, 0.15) is 31.9 Å². The van der Waals surface area contributed by atoms with Crippen molar-refractivity contribution >= 4 is 28.6 Å². The van der Waals surface area contributed by atoms with Crippen LogP contribution in [0.5, 0.6) is 0 Å². The SMILES string of the molecule is C=C(C)c1c(C(F)(F)F)ccc2c1N=C(N1CCN(C)CC1)C1=NC(C)C(C)=CN12. The standard InChI is InChI=1S/C22H26F3N5/c1-13(2)18-16(22(23,24)25)6-7-17-19(18)27-20(29-10-8-28(5)9-11-29)21-26-15(4)14(3)12-30(17)21/h6-7,12,15H,1,8-11H2,2-5H3. The Morgan fingerprint density at radius 1 is 1.13 bits per heavy atom. The fourth-order valence-corrected chi connectivity index (χ4v) is 4.01. The van der Waals surface area contributed by atoms with Gasteiger partial charge in [-0.05, 0) is 51.1 Å². The van der Waals surface area contributed by atoms with Crippen LogP contribution in [0.25, 0.3) is 5.57 Å². The van der Waals surface area contributed by atoms with Gasteiger partial charge in [-0.1, -0.05) is 6.58 Å². The number of allylic oxidation sites excluding steroid dienone is 1. The number of alkyl halides is 3. The maximum absolute atomic E-state index is 13.8. The lowest BCUT2D eigenvalue weighted by Gasteiger charge is -2.41. The zero-order chi connectivity index (χ0) is 21.8. The van der Waals surface area contributed by atoms with Crippen LogP contribution < -0.4 is 4.90 Å². The third-order valence-corrected chi connectivity index (χ3v) is 5.90. The van der Waals surface area contributed by atoms with E-state index in [0.29, 0.717) is 28.6 Å². The minimum atomic E-state index is -4.48. The molecule has 1 fully saturated rings. The molecule has 5 nitrogen and oxygen atoms in total. The highest BCUT2D eigenvalue weighted by Gasteiger charge is 2.39. The van der Waals surface area contributed by atoms with Crippen molar-refractivity contribution in [2.45, 2.75) is 33.0 Å². The number of aliphatic imine (C=N–C) groups is 2. The van der Waals surface area contributed by atoms with E-state index >= 15 is 0 Å². The maximum Gasteiger partial charge on any atom is 0.417 e. The van der Waals surface area contributed by atoms with Gasteiger partial charge in [0.15, 0.2) is 11.7 Å². The highest BCUT2D eigenvalue weighted by molar-refractivity contribution is 6.48. The lowest BCUT2D eigenvalue weighted by Crippen LogP contribution is -2.53. The van der Waals surface area contributed by atoms with Gasteiger partial charge in [-0.25, -0.2) is 4.99 Å². The summed E-state index contributed by atoms with van der Waals surface area (Å²) in [6.07, 6.45) is -2.52. The van der Waals surface area contributed by atoms with Gasteiger partial charge in [0.2, 0.25) is 0 Å². The Morgan fingerprint density at radius 3 is 2.40 bits per heavy atom. The van der Waals surface area contributed by atoms with Gasteiger partial charge in [-0.3, -0.25) is 9.89 Å². The Labute approximate surface area is 174 Å². The largest absolute Gasteiger partial charge is 0.417 e. The molecule has 1 unspecified atom stereocenters. The van der Waals surface area contributed by atoms with Crippen molar-refractivity contribution in [2.75, 3.05) is 38.1 Å². The summed E-state index contributed by atoms with van der Waals surface area (Å²) in [4.78, 5) is 15.9. The first-order chi connectivity index (χ1) is 14.1. The third kappa shape index (κ3) is 3.43. The van der Waals surface area contributed by atoms with Crippen molar-refractivity contribution in [3.05, 3.63) is 41.6 Å². The summed E-state index contributed by atoms with van der Waals surface area (Å²) in [6, 6.07) is 2.60. The zero-order valence-electron chi connectivity index (χ0n) is 17.7. The van der Waals surface area contributed by atoms with Gasteiger partial charge in [-0.15, -0.1) is 0 Å². The van der Waals surface area contributed by atoms with Crippen molar-refractivity contribution in [3.63, 3.8) is 0 Å². The third-order valence-electron chi connectivity index (χ3n) is 5.90. The number of piperazine rings is 1. The molecule has 0 bridgehead atoms. The van der Waals surface area contributed by atoms with Crippen LogP contribution in [-0.4, -0.2) is 60.7 Å². The molecule has 0 radical (unpaired) electrons. The van der Waals surface area contributed by atoms with E-state index in [1.54, 1.807) is 6.92 Å². The Morgan fingerprint density at radius 2 is 1.80 bits per heavy atom. The van der Waals surface area contributed by atoms with E-state index in [1.165, 1.54) is 6.07 Å². The molecule has 0 aliphatic carbocycles. The molecule has 30 heavy (non-hydrogen) atoms. The molecule has 3 heterocycles. The number of amidine groups is 2. The smallest absolute Gasteiger partial charge is 0.351 e. The zero-order valence-corrected chi connectivity index (χ0v) is 17.7. The monoisotopic (exact) mass is 417 g/mol. The van der Waals surface area contributed by atoms with Gasteiger partial charge in [0.1, 0.15) is 0 Å². The Hall–Kier alpha value is -2.61. The summed E-state index contributed by atoms with van der Waals surface area (Å²) in [6.45, 7) is 12.6. The van der Waals surface area contributed by atoms with Crippen molar-refractivity contribution in [1.82, 2.24) is 9.80 Å². The molecular weight excluding hydrogens is 391 g/mol. The van der Waals surface area contributed by atoms with E-state index in [-0.39, 0.29) is 11.6 Å². The van der Waals surface area contributed by atoms with Crippen LogP contribution in [-0.2, 0) is 6.18 Å². The first-order valence-electron chi connectivity index (χ1n) is 10.1. The topological polar surface area (TPSA) is 34.4 Å². The molecule has 3 aliphatic rings. The molecule has 160 valence electrons. The van der Waals surface area contributed by atoms with E-state index < -0.39 is 11.7 Å². The van der Waals surface area contributed by atoms with Crippen LogP contribution >= 0.6 is 0 Å². The van der Waals surface area contributed by atoms with Crippen LogP contribution in [0.3, 0.4) is 0 Å². The fraction of sp³-hybridized carbons (Fsp3) is 0.455. The molecular formula is C22H26F3N5. The van der Waals surface area contributed by atoms with E-state index in [0.717, 1.165) is 37.8 Å². The quantitative estimate of drug-likeness (QED) is 0.673. The molecule has 1 saturated heterocycles. The van der Waals surface area contributed by atoms with Crippen molar-refractivity contribution < 1.29 is 13.2 Å². The van der Waals surface area contributed by atoms with Crippen LogP contribution in [0.4, 0.5) is 24.5 Å². The Kier molecular flexibility index (Phi) is 5.00. The van der Waals surface area contributed by atoms with Crippen molar-refractivity contribution in [3.8, 4) is 0 Å². The average molecular weight is 417 g/mol. The van der Waals surface area contributed by atoms with Gasteiger partial charge in [0, 0.05) is 37.9 Å². The molecule has 1 aromatic carbocycles. The number of hydrogen-bond acceptors (Lipinski definition) is 5. The normalized spacial score (nSPS) is 22.1. The van der Waals surface area contributed by atoms with E-state index in [4.69, 9.17) is 9.98 Å². The van der Waals surface area contributed by atoms with E-state index in [2.05, 4.69) is 23.4 Å². The van der Waals surface area contributed by atoms with E-state index in [1.807, 2.05) is 24.9 Å². The van der Waals surface area contributed by atoms with Crippen LogP contribution in [0, 0.1) is 0 Å². The minimum absolute atomic E-state index is 0.00877. The number of fused-ring (bicyclic) bond motifs is 3. The van der Waals surface area contributed by atoms with Crippen molar-refractivity contribution in [1.29, 1.82) is 0 Å². The lowest BCUT2D eigenvalue weighted by molar-refractivity contribution is -0.137. The van der Waals surface area contributed by atoms with Crippen LogP contribution in [0.2, 0.25) is 0 Å². The fourth-order valence-electron chi connectivity index (χ4n) is 4.01. The number of benzene rings is 1. The number of halogens is 3. The second-order valence-corrected chi connectivity index (χ2v) is 8.23. The van der Waals surface area contributed by atoms with Crippen molar-refractivity contribution in [2.24, 2.45) is 9.98 Å². The first-order valence-corrected chi connectivity index (χ1v) is 10.1. The number of likely N-dealkylation sites (N-methyl/N-ethyl adjacent to an activating group) is 1. The predicted molar refractivity (Wildman–Crippen MR) is 115 cm³/mol. The van der Waals surface area contributed by atoms with Gasteiger partial charge in [0.25, 0.3) is 0 Å². The number of rotatable bonds is 1. The number of nitrogens with zero attached hydrogens (tertiary/aromatic N) is 5. The summed E-state index contributed by atoms with van der Waals surface area (Å²) in [5.41, 5.74) is 1.64. The number of anilines is 1. The molecule has 1 aromatic rings. The molecule has 0 aromatic heterocycles. The lowest BCUT2D eigenvalue weighted by atomic mass is 9.96. The maximum atomic E-state index is 13.8. The van der Waals surface area contributed by atoms with Gasteiger partial charge >= 0.3 is 6.18 Å². The van der Waals surface area contributed by atoms with Crippen LogP contribution in [0.15, 0.2) is 40.5 Å². The predicted octanol–water partition coefficient (Wildman–Crippen LogP) is 4.54. The molecule has 0 N–H and O–H groups in total. The summed E-state index contributed by atoms with van der Waals surface area (Å²) in [5.74, 6) is 1.32. The molecule has 0 spiro atoms. The van der Waals surface area contributed by atoms with Gasteiger partial charge < -0.3 is 9.80 Å². The Balaban J connectivity index is 1.95. The minimum Gasteiger partial charge on any atom is -0.351 e. The molecule has 4 rings (SSSR count). The molecule has 0 saturated carbocycles. The molecule has 8 heteroatoms. The summed E-state index contributed by atoms with van der Waals surface area (Å²) in [5, 5.41) is 0. The summed E-state index contributed by atoms with van der Waals surface area (Å²) >= 11 is 0.